The average molecular weight is 276 g/mol. The van der Waals surface area contributed by atoms with Crippen LogP contribution in [0.1, 0.15) is 13.8 Å². The summed E-state index contributed by atoms with van der Waals surface area (Å²) in [6, 6.07) is 0. The fourth-order valence-corrected chi connectivity index (χ4v) is 0.504. The fraction of sp³-hybridized carbons (Fsp3) is 0.500. The van der Waals surface area contributed by atoms with Gasteiger partial charge in [-0.25, -0.2) is 9.59 Å². The first-order chi connectivity index (χ1) is 8.95. The Kier molecular flexibility index (Phi) is 24.9. The van der Waals surface area contributed by atoms with Crippen LogP contribution in [0, 0.1) is 0 Å². The van der Waals surface area contributed by atoms with Gasteiger partial charge in [0.15, 0.2) is 0 Å². The van der Waals surface area contributed by atoms with E-state index < -0.39 is 12.2 Å². The van der Waals surface area contributed by atoms with Gasteiger partial charge in [0, 0.05) is 0 Å². The zero-order valence-electron chi connectivity index (χ0n) is 11.6. The van der Waals surface area contributed by atoms with Crippen LogP contribution in [-0.2, 0) is 14.2 Å². The van der Waals surface area contributed by atoms with Crippen molar-refractivity contribution in [2.75, 3.05) is 26.4 Å². The largest absolute Gasteiger partial charge is 0.447 e. The van der Waals surface area contributed by atoms with Gasteiger partial charge >= 0.3 is 12.2 Å². The third kappa shape index (κ3) is 49.0. The maximum Gasteiger partial charge on any atom is 0.404 e. The molecule has 0 fully saturated rings. The molecule has 0 spiro atoms. The zero-order chi connectivity index (χ0) is 15.5. The second kappa shape index (κ2) is 21.3. The number of ether oxygens (including phenoxy) is 3. The highest BCUT2D eigenvalue weighted by atomic mass is 16.6. The molecule has 0 aliphatic rings. The summed E-state index contributed by atoms with van der Waals surface area (Å²) in [6.07, 6.45) is 1.80. The number of rotatable bonds is 6. The van der Waals surface area contributed by atoms with E-state index >= 15 is 0 Å². The van der Waals surface area contributed by atoms with Gasteiger partial charge in [-0.05, 0) is 13.8 Å². The Hall–Kier alpha value is -2.02. The van der Waals surface area contributed by atoms with Gasteiger partial charge < -0.3 is 25.7 Å². The Morgan fingerprint density at radius 1 is 0.895 bits per heavy atom. The highest BCUT2D eigenvalue weighted by Gasteiger charge is 1.95. The third-order valence-electron chi connectivity index (χ3n) is 0.944. The maximum atomic E-state index is 10.0. The molecule has 19 heavy (non-hydrogen) atoms. The molecule has 0 aliphatic heterocycles. The number of carbonyl (C=O) groups excluding carboxylic acids is 2. The Labute approximate surface area is 114 Å². The van der Waals surface area contributed by atoms with Crippen molar-refractivity contribution >= 4 is 12.2 Å². The van der Waals surface area contributed by atoms with Crippen LogP contribution in [0.2, 0.25) is 0 Å². The minimum absolute atomic E-state index is 0.0753. The standard InChI is InChI=1S/C6H12N2O5.2C3H6/c7-5(9)12-3-1-11-2-4-13-6(8)10;2*1-3-2/h1-4H2,(H2,7,9)(H2,8,10);2*3H,1H2,2H3. The van der Waals surface area contributed by atoms with Crippen molar-refractivity contribution in [2.24, 2.45) is 11.5 Å². The van der Waals surface area contributed by atoms with E-state index in [1.54, 1.807) is 12.2 Å². The molecule has 0 heterocycles. The van der Waals surface area contributed by atoms with E-state index in [9.17, 15) is 9.59 Å². The number of carbonyl (C=O) groups is 2. The molecule has 112 valence electrons. The minimum atomic E-state index is -0.850. The highest BCUT2D eigenvalue weighted by Crippen LogP contribution is 1.80. The molecule has 0 saturated heterocycles. The fourth-order valence-electron chi connectivity index (χ4n) is 0.504. The van der Waals surface area contributed by atoms with Crippen LogP contribution in [0.5, 0.6) is 0 Å². The van der Waals surface area contributed by atoms with Crippen LogP contribution >= 0.6 is 0 Å². The van der Waals surface area contributed by atoms with Crippen LogP contribution in [-0.4, -0.2) is 38.6 Å². The molecule has 0 aromatic heterocycles. The van der Waals surface area contributed by atoms with E-state index in [1.165, 1.54) is 0 Å². The summed E-state index contributed by atoms with van der Waals surface area (Å²) in [5, 5.41) is 0. The van der Waals surface area contributed by atoms with E-state index in [0.29, 0.717) is 0 Å². The first kappa shape index (κ1) is 22.2. The smallest absolute Gasteiger partial charge is 0.404 e. The van der Waals surface area contributed by atoms with Crippen molar-refractivity contribution in [3.63, 3.8) is 0 Å². The molecule has 0 bridgehead atoms. The van der Waals surface area contributed by atoms with Gasteiger partial charge in [-0.1, -0.05) is 12.2 Å². The van der Waals surface area contributed by atoms with Crippen molar-refractivity contribution in [1.82, 2.24) is 0 Å². The molecule has 7 heteroatoms. The molecular weight excluding hydrogens is 252 g/mol. The van der Waals surface area contributed by atoms with E-state index in [4.69, 9.17) is 4.74 Å². The average Bonchev–Trinajstić information content (AvgIpc) is 2.29. The summed E-state index contributed by atoms with van der Waals surface area (Å²) >= 11 is 0. The number of hydrogen-bond donors (Lipinski definition) is 2. The lowest BCUT2D eigenvalue weighted by Gasteiger charge is -2.03. The summed E-state index contributed by atoms with van der Waals surface area (Å²) in [5.74, 6) is 0. The lowest BCUT2D eigenvalue weighted by Crippen LogP contribution is -2.19. The number of allylic oxidation sites excluding steroid dienone is 2. The summed E-state index contributed by atoms with van der Waals surface area (Å²) in [7, 11) is 0. The Balaban J connectivity index is -0.000000360. The SMILES string of the molecule is C=CC.C=CC.NC(=O)OCCOCCOC(N)=O. The molecule has 0 rings (SSSR count). The lowest BCUT2D eigenvalue weighted by molar-refractivity contribution is 0.0494. The van der Waals surface area contributed by atoms with Crippen molar-refractivity contribution in [3.05, 3.63) is 25.3 Å². The quantitative estimate of drug-likeness (QED) is 0.564. The topological polar surface area (TPSA) is 114 Å². The first-order valence-electron chi connectivity index (χ1n) is 5.52. The number of hydrogen-bond acceptors (Lipinski definition) is 5. The Morgan fingerprint density at radius 2 is 1.16 bits per heavy atom. The molecule has 0 aromatic rings. The van der Waals surface area contributed by atoms with Crippen LogP contribution in [0.4, 0.5) is 9.59 Å². The number of amides is 2. The third-order valence-corrected chi connectivity index (χ3v) is 0.944. The lowest BCUT2D eigenvalue weighted by atomic mass is 10.7. The molecule has 0 unspecified atom stereocenters. The van der Waals surface area contributed by atoms with E-state index in [1.807, 2.05) is 13.8 Å². The molecule has 0 radical (unpaired) electrons. The molecule has 7 nitrogen and oxygen atoms in total. The van der Waals surface area contributed by atoms with Crippen LogP contribution in [0.25, 0.3) is 0 Å². The highest BCUT2D eigenvalue weighted by molar-refractivity contribution is 5.64. The van der Waals surface area contributed by atoms with E-state index in [-0.39, 0.29) is 26.4 Å². The summed E-state index contributed by atoms with van der Waals surface area (Å²) in [6.45, 7) is 11.0. The van der Waals surface area contributed by atoms with Crippen molar-refractivity contribution in [3.8, 4) is 0 Å². The van der Waals surface area contributed by atoms with E-state index in [2.05, 4.69) is 34.1 Å². The predicted molar refractivity (Wildman–Crippen MR) is 73.6 cm³/mol. The van der Waals surface area contributed by atoms with Crippen molar-refractivity contribution < 1.29 is 23.8 Å². The molecule has 0 aliphatic carbocycles. The molecule has 4 N–H and O–H groups in total. The minimum Gasteiger partial charge on any atom is -0.447 e. The first-order valence-corrected chi connectivity index (χ1v) is 5.52. The van der Waals surface area contributed by atoms with Crippen LogP contribution in [0.15, 0.2) is 25.3 Å². The van der Waals surface area contributed by atoms with Gasteiger partial charge in [-0.2, -0.15) is 0 Å². The summed E-state index contributed by atoms with van der Waals surface area (Å²) in [4.78, 5) is 20.1. The van der Waals surface area contributed by atoms with Crippen molar-refractivity contribution in [2.45, 2.75) is 13.8 Å². The molecular formula is C12H24N2O5. The van der Waals surface area contributed by atoms with Gasteiger partial charge in [0.2, 0.25) is 0 Å². The monoisotopic (exact) mass is 276 g/mol. The van der Waals surface area contributed by atoms with Gasteiger partial charge in [0.05, 0.1) is 13.2 Å². The van der Waals surface area contributed by atoms with Gasteiger partial charge in [0.1, 0.15) is 13.2 Å². The second-order valence-corrected chi connectivity index (χ2v) is 2.76. The summed E-state index contributed by atoms with van der Waals surface area (Å²) in [5.41, 5.74) is 9.34. The molecule has 0 saturated carbocycles. The van der Waals surface area contributed by atoms with Crippen LogP contribution < -0.4 is 11.5 Å². The Bertz CT molecular complexity index is 220. The van der Waals surface area contributed by atoms with Crippen LogP contribution in [0.3, 0.4) is 0 Å². The zero-order valence-corrected chi connectivity index (χ0v) is 11.6. The molecule has 0 aromatic carbocycles. The molecule has 0 atom stereocenters. The normalized spacial score (nSPS) is 7.68. The van der Waals surface area contributed by atoms with Gasteiger partial charge in [-0.15, -0.1) is 13.2 Å². The van der Waals surface area contributed by atoms with E-state index in [0.717, 1.165) is 0 Å². The predicted octanol–water partition coefficient (Wildman–Crippen LogP) is 1.58. The van der Waals surface area contributed by atoms with Gasteiger partial charge in [0.25, 0.3) is 0 Å². The Morgan fingerprint density at radius 3 is 1.37 bits per heavy atom. The second-order valence-electron chi connectivity index (χ2n) is 2.76. The maximum absolute atomic E-state index is 10.0. The molecule has 2 amide bonds. The number of primary amides is 2. The summed E-state index contributed by atoms with van der Waals surface area (Å²) < 4.78 is 13.6. The number of nitrogens with two attached hydrogens (primary N) is 2. The van der Waals surface area contributed by atoms with Crippen molar-refractivity contribution in [1.29, 1.82) is 0 Å². The van der Waals surface area contributed by atoms with Gasteiger partial charge in [-0.3, -0.25) is 0 Å².